The van der Waals surface area contributed by atoms with Gasteiger partial charge in [0.2, 0.25) is 0 Å². The average Bonchev–Trinajstić information content (AvgIpc) is 3.48. The number of tetrazole rings is 1. The summed E-state index contributed by atoms with van der Waals surface area (Å²) in [6.07, 6.45) is 1.53. The molecule has 2 aromatic carbocycles. The molecular weight excluding hydrogens is 432 g/mol. The second-order valence-electron chi connectivity index (χ2n) is 8.60. The maximum atomic E-state index is 12.7. The number of methoxy groups -OCH3 is 1. The van der Waals surface area contributed by atoms with Crippen molar-refractivity contribution >= 4 is 5.97 Å². The smallest absolute Gasteiger partial charge is 0.356 e. The number of imidazole rings is 1. The molecule has 9 heteroatoms. The summed E-state index contributed by atoms with van der Waals surface area (Å²) in [4.78, 5) is 17.3. The zero-order valence-corrected chi connectivity index (χ0v) is 19.7. The van der Waals surface area contributed by atoms with Crippen LogP contribution in [0.15, 0.2) is 48.5 Å². The van der Waals surface area contributed by atoms with Gasteiger partial charge in [-0.25, -0.2) is 14.9 Å². The molecule has 34 heavy (non-hydrogen) atoms. The number of rotatable bonds is 8. The van der Waals surface area contributed by atoms with Gasteiger partial charge in [-0.15, -0.1) is 5.10 Å². The Morgan fingerprint density at radius 1 is 1.12 bits per heavy atom. The lowest BCUT2D eigenvalue weighted by molar-refractivity contribution is 0.0532. The monoisotopic (exact) mass is 460 g/mol. The molecule has 0 amide bonds. The van der Waals surface area contributed by atoms with E-state index in [2.05, 4.69) is 32.5 Å². The largest absolute Gasteiger partial charge is 0.464 e. The average molecular weight is 461 g/mol. The van der Waals surface area contributed by atoms with Crippen LogP contribution in [0.5, 0.6) is 0 Å². The maximum Gasteiger partial charge on any atom is 0.356 e. The van der Waals surface area contributed by atoms with Crippen molar-refractivity contribution in [3.05, 3.63) is 71.3 Å². The Balaban J connectivity index is 1.71. The molecule has 176 valence electrons. The quantitative estimate of drug-likeness (QED) is 0.384. The van der Waals surface area contributed by atoms with Gasteiger partial charge in [0.15, 0.2) is 11.5 Å². The van der Waals surface area contributed by atoms with E-state index in [1.807, 2.05) is 53.1 Å². The van der Waals surface area contributed by atoms with Crippen molar-refractivity contribution in [2.45, 2.75) is 45.8 Å². The van der Waals surface area contributed by atoms with Crippen LogP contribution in [0.1, 0.15) is 54.8 Å². The second kappa shape index (κ2) is 9.56. The number of esters is 1. The molecule has 9 nitrogen and oxygen atoms in total. The number of H-pyrrole nitrogens is 1. The van der Waals surface area contributed by atoms with Crippen LogP contribution in [-0.2, 0) is 23.3 Å². The number of ether oxygens (including phenoxy) is 1. The van der Waals surface area contributed by atoms with E-state index in [9.17, 15) is 9.90 Å². The number of carbonyl (C=O) groups excluding carboxylic acids is 1. The van der Waals surface area contributed by atoms with E-state index in [4.69, 9.17) is 4.74 Å². The number of carbonyl (C=O) groups is 1. The van der Waals surface area contributed by atoms with Crippen molar-refractivity contribution in [2.24, 2.45) is 0 Å². The van der Waals surface area contributed by atoms with Gasteiger partial charge < -0.3 is 14.4 Å². The van der Waals surface area contributed by atoms with Crippen molar-refractivity contribution < 1.29 is 14.6 Å². The van der Waals surface area contributed by atoms with Gasteiger partial charge in [-0.1, -0.05) is 55.5 Å². The van der Waals surface area contributed by atoms with Crippen LogP contribution in [0.25, 0.3) is 22.5 Å². The molecule has 4 aromatic rings. The van der Waals surface area contributed by atoms with Crippen molar-refractivity contribution in [1.82, 2.24) is 30.2 Å². The standard InChI is InChI=1S/C25H28N6O3/c1-5-8-20-26-22(25(2,3)33)21(24(32)34-4)31(20)15-16-11-13-17(14-12-16)18-9-6-7-10-19(18)23-27-29-30-28-23/h6-7,9-14,33H,5,8,15H2,1-4H3,(H,27,28,29,30). The van der Waals surface area contributed by atoms with Crippen LogP contribution in [0, 0.1) is 0 Å². The minimum atomic E-state index is -1.28. The molecule has 0 saturated carbocycles. The molecule has 2 aromatic heterocycles. The summed E-state index contributed by atoms with van der Waals surface area (Å²) in [6.45, 7) is 5.73. The van der Waals surface area contributed by atoms with Gasteiger partial charge in [0.05, 0.1) is 7.11 Å². The van der Waals surface area contributed by atoms with Gasteiger partial charge in [-0.05, 0) is 47.4 Å². The van der Waals surface area contributed by atoms with Crippen LogP contribution < -0.4 is 0 Å². The molecule has 0 aliphatic heterocycles. The topological polar surface area (TPSA) is 119 Å². The lowest BCUT2D eigenvalue weighted by Crippen LogP contribution is -2.23. The zero-order chi connectivity index (χ0) is 24.3. The lowest BCUT2D eigenvalue weighted by Gasteiger charge is -2.17. The van der Waals surface area contributed by atoms with E-state index in [1.165, 1.54) is 7.11 Å². The highest BCUT2D eigenvalue weighted by atomic mass is 16.5. The summed E-state index contributed by atoms with van der Waals surface area (Å²) in [6, 6.07) is 16.0. The number of aromatic amines is 1. The third-order valence-electron chi connectivity index (χ3n) is 5.61. The summed E-state index contributed by atoms with van der Waals surface area (Å²) in [5, 5.41) is 24.9. The molecule has 0 bridgehead atoms. The Hall–Kier alpha value is -3.85. The number of hydrogen-bond acceptors (Lipinski definition) is 7. The van der Waals surface area contributed by atoms with E-state index in [-0.39, 0.29) is 5.69 Å². The van der Waals surface area contributed by atoms with Crippen molar-refractivity contribution in [2.75, 3.05) is 7.11 Å². The molecule has 2 N–H and O–H groups in total. The first-order valence-corrected chi connectivity index (χ1v) is 11.2. The van der Waals surface area contributed by atoms with E-state index in [0.29, 0.717) is 24.5 Å². The molecule has 0 spiro atoms. The summed E-state index contributed by atoms with van der Waals surface area (Å²) in [5.41, 5.74) is 3.25. The Morgan fingerprint density at radius 2 is 1.82 bits per heavy atom. The first-order valence-electron chi connectivity index (χ1n) is 11.2. The molecule has 0 fully saturated rings. The van der Waals surface area contributed by atoms with Gasteiger partial charge >= 0.3 is 5.97 Å². The van der Waals surface area contributed by atoms with Crippen LogP contribution in [0.4, 0.5) is 0 Å². The number of nitrogens with zero attached hydrogens (tertiary/aromatic N) is 5. The molecule has 2 heterocycles. The molecule has 0 unspecified atom stereocenters. The highest BCUT2D eigenvalue weighted by Crippen LogP contribution is 2.31. The summed E-state index contributed by atoms with van der Waals surface area (Å²) in [5.74, 6) is 0.828. The van der Waals surface area contributed by atoms with Gasteiger partial charge in [0.1, 0.15) is 17.1 Å². The maximum absolute atomic E-state index is 12.7. The minimum absolute atomic E-state index is 0.283. The van der Waals surface area contributed by atoms with Crippen molar-refractivity contribution in [1.29, 1.82) is 0 Å². The minimum Gasteiger partial charge on any atom is -0.464 e. The summed E-state index contributed by atoms with van der Waals surface area (Å²) < 4.78 is 6.89. The highest BCUT2D eigenvalue weighted by molar-refractivity contribution is 5.89. The SMILES string of the molecule is CCCc1nc(C(C)(C)O)c(C(=O)OC)n1Cc1ccc(-c2ccccc2-c2nnn[nH]2)cc1. The molecule has 0 saturated heterocycles. The fourth-order valence-corrected chi connectivity index (χ4v) is 4.00. The number of aromatic nitrogens is 6. The number of aliphatic hydroxyl groups is 1. The zero-order valence-electron chi connectivity index (χ0n) is 19.7. The predicted molar refractivity (Wildman–Crippen MR) is 127 cm³/mol. The van der Waals surface area contributed by atoms with E-state index >= 15 is 0 Å². The Bertz CT molecular complexity index is 1270. The summed E-state index contributed by atoms with van der Waals surface area (Å²) >= 11 is 0. The third kappa shape index (κ3) is 4.60. The fourth-order valence-electron chi connectivity index (χ4n) is 4.00. The molecule has 0 radical (unpaired) electrons. The van der Waals surface area contributed by atoms with Gasteiger partial charge in [0, 0.05) is 18.5 Å². The normalized spacial score (nSPS) is 11.6. The predicted octanol–water partition coefficient (Wildman–Crippen LogP) is 3.75. The van der Waals surface area contributed by atoms with Crippen LogP contribution >= 0.6 is 0 Å². The van der Waals surface area contributed by atoms with Gasteiger partial charge in [-0.2, -0.15) is 0 Å². The first-order chi connectivity index (χ1) is 16.3. The van der Waals surface area contributed by atoms with Crippen LogP contribution in [-0.4, -0.2) is 48.4 Å². The highest BCUT2D eigenvalue weighted by Gasteiger charge is 2.32. The van der Waals surface area contributed by atoms with E-state index in [0.717, 1.165) is 34.5 Å². The summed E-state index contributed by atoms with van der Waals surface area (Å²) in [7, 11) is 1.34. The van der Waals surface area contributed by atoms with Crippen molar-refractivity contribution in [3.63, 3.8) is 0 Å². The number of benzene rings is 2. The van der Waals surface area contributed by atoms with Crippen LogP contribution in [0.2, 0.25) is 0 Å². The van der Waals surface area contributed by atoms with Crippen LogP contribution in [0.3, 0.4) is 0 Å². The Labute approximate surface area is 197 Å². The molecule has 0 aliphatic carbocycles. The van der Waals surface area contributed by atoms with E-state index < -0.39 is 11.6 Å². The van der Waals surface area contributed by atoms with Crippen molar-refractivity contribution in [3.8, 4) is 22.5 Å². The fraction of sp³-hybridized carbons (Fsp3) is 0.320. The molecule has 0 aliphatic rings. The van der Waals surface area contributed by atoms with E-state index in [1.54, 1.807) is 13.8 Å². The Kier molecular flexibility index (Phi) is 6.56. The first kappa shape index (κ1) is 23.3. The Morgan fingerprint density at radius 3 is 2.41 bits per heavy atom. The third-order valence-corrected chi connectivity index (χ3v) is 5.61. The second-order valence-corrected chi connectivity index (χ2v) is 8.60. The lowest BCUT2D eigenvalue weighted by atomic mass is 9.98. The number of nitrogens with one attached hydrogen (secondary N) is 1. The molecule has 0 atom stereocenters. The van der Waals surface area contributed by atoms with Gasteiger partial charge in [0.25, 0.3) is 0 Å². The molecular formula is C25H28N6O3. The molecule has 4 rings (SSSR count). The number of aryl methyl sites for hydroxylation is 1. The number of hydrogen-bond donors (Lipinski definition) is 2. The van der Waals surface area contributed by atoms with Gasteiger partial charge in [-0.3, -0.25) is 0 Å².